The Balaban J connectivity index is 2.39. The zero-order valence-electron chi connectivity index (χ0n) is 9.06. The van der Waals surface area contributed by atoms with E-state index in [9.17, 15) is 4.79 Å². The molecule has 1 aromatic rings. The van der Waals surface area contributed by atoms with Crippen LogP contribution in [0.1, 0.15) is 22.6 Å². The van der Waals surface area contributed by atoms with E-state index in [1.807, 2.05) is 0 Å². The Kier molecular flexibility index (Phi) is 6.01. The minimum Gasteiger partial charge on any atom is -0.490 e. The summed E-state index contributed by atoms with van der Waals surface area (Å²) in [6.45, 7) is 0. The van der Waals surface area contributed by atoms with E-state index in [4.69, 9.17) is 17.0 Å². The summed E-state index contributed by atoms with van der Waals surface area (Å²) >= 11 is 10.4. The summed E-state index contributed by atoms with van der Waals surface area (Å²) in [7, 11) is 1.60. The monoisotopic (exact) mass is 274 g/mol. The lowest BCUT2D eigenvalue weighted by atomic mass is 10.2. The lowest BCUT2D eigenvalue weighted by Gasteiger charge is -1.99. The molecule has 2 nitrogen and oxygen atoms in total. The molecule has 1 heterocycles. The first kappa shape index (κ1) is 13.7. The highest BCUT2D eigenvalue weighted by Gasteiger charge is 2.03. The van der Waals surface area contributed by atoms with Gasteiger partial charge in [-0.25, -0.2) is 0 Å². The second-order valence-electron chi connectivity index (χ2n) is 3.34. The number of thiol groups is 1. The Morgan fingerprint density at radius 1 is 1.38 bits per heavy atom. The van der Waals surface area contributed by atoms with Gasteiger partial charge in [0.15, 0.2) is 10.2 Å². The predicted octanol–water partition coefficient (Wildman–Crippen LogP) is 3.04. The first-order chi connectivity index (χ1) is 7.61. The molecule has 0 bridgehead atoms. The third-order valence-electron chi connectivity index (χ3n) is 2.11. The van der Waals surface area contributed by atoms with Gasteiger partial charge in [0.1, 0.15) is 0 Å². The first-order valence-corrected chi connectivity index (χ1v) is 6.65. The Hall–Kier alpha value is -0.390. The van der Waals surface area contributed by atoms with E-state index in [0.29, 0.717) is 11.5 Å². The average Bonchev–Trinajstić information content (AvgIpc) is 2.71. The van der Waals surface area contributed by atoms with E-state index < -0.39 is 0 Å². The van der Waals surface area contributed by atoms with E-state index in [0.717, 1.165) is 19.3 Å². The van der Waals surface area contributed by atoms with Gasteiger partial charge >= 0.3 is 0 Å². The number of thiocarbonyl (C=S) groups is 1. The van der Waals surface area contributed by atoms with E-state index >= 15 is 0 Å². The summed E-state index contributed by atoms with van der Waals surface area (Å²) in [4.78, 5) is 13.2. The van der Waals surface area contributed by atoms with Gasteiger partial charge in [0.2, 0.25) is 0 Å². The number of hydrogen-bond acceptors (Lipinski definition) is 4. The molecule has 0 spiro atoms. The van der Waals surface area contributed by atoms with E-state index in [2.05, 4.69) is 24.8 Å². The summed E-state index contributed by atoms with van der Waals surface area (Å²) in [5.41, 5.74) is 0. The fourth-order valence-corrected chi connectivity index (χ4v) is 2.48. The number of carbonyl (C=O) groups is 1. The van der Waals surface area contributed by atoms with Crippen molar-refractivity contribution in [3.8, 4) is 0 Å². The quantitative estimate of drug-likeness (QED) is 0.638. The summed E-state index contributed by atoms with van der Waals surface area (Å²) in [6, 6.07) is 4.15. The van der Waals surface area contributed by atoms with Crippen molar-refractivity contribution >= 4 is 46.3 Å². The topological polar surface area (TPSA) is 26.3 Å². The van der Waals surface area contributed by atoms with Gasteiger partial charge in [-0.2, -0.15) is 0 Å². The van der Waals surface area contributed by atoms with Crippen LogP contribution in [-0.2, 0) is 22.4 Å². The van der Waals surface area contributed by atoms with E-state index in [1.165, 1.54) is 9.75 Å². The molecule has 16 heavy (non-hydrogen) atoms. The molecule has 0 aliphatic rings. The normalized spacial score (nSPS) is 10.1. The van der Waals surface area contributed by atoms with Crippen LogP contribution in [0.3, 0.4) is 0 Å². The van der Waals surface area contributed by atoms with Gasteiger partial charge in [0.25, 0.3) is 0 Å². The number of hydrogen-bond donors (Lipinski definition) is 1. The van der Waals surface area contributed by atoms with E-state index in [1.54, 1.807) is 18.4 Å². The average molecular weight is 274 g/mol. The third kappa shape index (κ3) is 5.09. The largest absolute Gasteiger partial charge is 0.490 e. The van der Waals surface area contributed by atoms with Crippen LogP contribution in [-0.4, -0.2) is 17.3 Å². The molecule has 0 aliphatic heterocycles. The molecular weight excluding hydrogens is 260 g/mol. The zero-order valence-corrected chi connectivity index (χ0v) is 11.6. The molecular formula is C11H14O2S3. The van der Waals surface area contributed by atoms with Crippen molar-refractivity contribution in [2.45, 2.75) is 25.7 Å². The predicted molar refractivity (Wildman–Crippen MR) is 74.6 cm³/mol. The number of methoxy groups -OCH3 is 1. The van der Waals surface area contributed by atoms with Crippen LogP contribution in [0.25, 0.3) is 0 Å². The molecule has 0 radical (unpaired) electrons. The molecule has 0 unspecified atom stereocenters. The minimum absolute atomic E-state index is 0.0597. The van der Waals surface area contributed by atoms with E-state index in [-0.39, 0.29) is 5.12 Å². The molecule has 0 amide bonds. The van der Waals surface area contributed by atoms with Crippen LogP contribution in [0.4, 0.5) is 0 Å². The highest BCUT2D eigenvalue weighted by atomic mass is 32.1. The molecule has 0 aliphatic carbocycles. The smallest absolute Gasteiger partial charge is 0.186 e. The number of ether oxygens (including phenoxy) is 1. The molecule has 1 rings (SSSR count). The summed E-state index contributed by atoms with van der Waals surface area (Å²) in [5, 5.41) is 0.580. The molecule has 88 valence electrons. The number of rotatable bonds is 6. The van der Waals surface area contributed by atoms with Crippen molar-refractivity contribution in [2.24, 2.45) is 0 Å². The Bertz CT molecular complexity index is 371. The molecule has 5 heteroatoms. The van der Waals surface area contributed by atoms with Crippen molar-refractivity contribution in [2.75, 3.05) is 7.11 Å². The lowest BCUT2D eigenvalue weighted by molar-refractivity contribution is -0.110. The fourth-order valence-electron chi connectivity index (χ4n) is 1.25. The maximum atomic E-state index is 10.7. The second-order valence-corrected chi connectivity index (χ2v) is 5.54. The maximum absolute atomic E-state index is 10.7. The minimum atomic E-state index is -0.0597. The van der Waals surface area contributed by atoms with Crippen LogP contribution in [0, 0.1) is 0 Å². The fraction of sp³-hybridized carbons (Fsp3) is 0.455. The van der Waals surface area contributed by atoms with Gasteiger partial charge in [0, 0.05) is 22.6 Å². The Labute approximate surface area is 110 Å². The zero-order chi connectivity index (χ0) is 12.0. The second kappa shape index (κ2) is 7.04. The van der Waals surface area contributed by atoms with Gasteiger partial charge in [-0.05, 0) is 37.2 Å². The van der Waals surface area contributed by atoms with Gasteiger partial charge < -0.3 is 4.74 Å². The van der Waals surface area contributed by atoms with Gasteiger partial charge in [-0.3, -0.25) is 4.79 Å². The highest BCUT2D eigenvalue weighted by molar-refractivity contribution is 7.96. The molecule has 0 saturated heterocycles. The lowest BCUT2D eigenvalue weighted by Crippen LogP contribution is -1.97. The van der Waals surface area contributed by atoms with Gasteiger partial charge in [-0.15, -0.1) is 24.0 Å². The van der Waals surface area contributed by atoms with Crippen LogP contribution in [0.2, 0.25) is 0 Å². The van der Waals surface area contributed by atoms with Crippen molar-refractivity contribution < 1.29 is 9.53 Å². The van der Waals surface area contributed by atoms with Crippen LogP contribution in [0.15, 0.2) is 12.1 Å². The van der Waals surface area contributed by atoms with Crippen molar-refractivity contribution in [3.63, 3.8) is 0 Å². The van der Waals surface area contributed by atoms with Crippen LogP contribution < -0.4 is 0 Å². The Morgan fingerprint density at radius 2 is 1.94 bits per heavy atom. The maximum Gasteiger partial charge on any atom is 0.186 e. The van der Waals surface area contributed by atoms with Crippen molar-refractivity contribution in [1.82, 2.24) is 0 Å². The molecule has 0 aromatic carbocycles. The van der Waals surface area contributed by atoms with Gasteiger partial charge in [0.05, 0.1) is 7.11 Å². The summed E-state index contributed by atoms with van der Waals surface area (Å²) in [6.07, 6.45) is 2.96. The number of aryl methyl sites for hydroxylation is 2. The van der Waals surface area contributed by atoms with Crippen molar-refractivity contribution in [3.05, 3.63) is 21.9 Å². The number of carbonyl (C=O) groups excluding carboxylic acids is 1. The summed E-state index contributed by atoms with van der Waals surface area (Å²) in [5.74, 6) is 0. The molecule has 0 saturated carbocycles. The van der Waals surface area contributed by atoms with Crippen LogP contribution >= 0.6 is 36.2 Å². The Morgan fingerprint density at radius 3 is 2.44 bits per heavy atom. The highest BCUT2D eigenvalue weighted by Crippen LogP contribution is 2.20. The molecule has 0 N–H and O–H groups in total. The molecule has 0 fully saturated rings. The third-order valence-corrected chi connectivity index (χ3v) is 3.90. The van der Waals surface area contributed by atoms with Crippen LogP contribution in [0.5, 0.6) is 0 Å². The van der Waals surface area contributed by atoms with Gasteiger partial charge in [-0.1, -0.05) is 0 Å². The SMILES string of the molecule is COC(=S)CCc1ccc(CCC(=O)S)s1. The van der Waals surface area contributed by atoms with Crippen molar-refractivity contribution in [1.29, 1.82) is 0 Å². The summed E-state index contributed by atoms with van der Waals surface area (Å²) < 4.78 is 4.94. The number of thiophene rings is 1. The standard InChI is InChI=1S/C11H14O2S3/c1-13-11(15)7-5-9-3-2-8(16-9)4-6-10(12)14/h2-3H,4-7H2,1H3,(H,12,14). The molecule has 1 aromatic heterocycles. The molecule has 0 atom stereocenters. The first-order valence-electron chi connectivity index (χ1n) is 4.98.